The topological polar surface area (TPSA) is 112 Å². The number of piperidine rings is 2. The highest BCUT2D eigenvalue weighted by Crippen LogP contribution is 2.45. The first-order valence-electron chi connectivity index (χ1n) is 18.8. The average molecular weight is 810 g/mol. The van der Waals surface area contributed by atoms with E-state index in [9.17, 15) is 46.1 Å². The number of carbonyl (C=O) groups is 2. The predicted molar refractivity (Wildman–Crippen MR) is 195 cm³/mol. The third kappa shape index (κ3) is 8.65. The zero-order valence-corrected chi connectivity index (χ0v) is 31.7. The highest BCUT2D eigenvalue weighted by Gasteiger charge is 2.57. The summed E-state index contributed by atoms with van der Waals surface area (Å²) >= 11 is 0.376. The lowest BCUT2D eigenvalue weighted by atomic mass is 9.78. The molecule has 2 aromatic heterocycles. The summed E-state index contributed by atoms with van der Waals surface area (Å²) in [7, 11) is 0. The molecule has 1 aromatic carbocycles. The van der Waals surface area contributed by atoms with Crippen molar-refractivity contribution >= 4 is 23.2 Å². The number of rotatable bonds is 11. The maximum Gasteiger partial charge on any atom is 0.425 e. The van der Waals surface area contributed by atoms with Crippen LogP contribution in [0.5, 0.6) is 11.5 Å². The van der Waals surface area contributed by atoms with Crippen LogP contribution < -0.4 is 9.47 Å². The summed E-state index contributed by atoms with van der Waals surface area (Å²) in [6.07, 6.45) is -5.24. The largest absolute Gasteiger partial charge is 0.513 e. The quantitative estimate of drug-likeness (QED) is 0.147. The molecule has 0 unspecified atom stereocenters. The highest BCUT2D eigenvalue weighted by molar-refractivity contribution is 7.10. The van der Waals surface area contributed by atoms with Crippen molar-refractivity contribution in [3.8, 4) is 11.5 Å². The number of aromatic nitrogens is 1. The Morgan fingerprint density at radius 1 is 1.02 bits per heavy atom. The molecule has 304 valence electrons. The molecule has 2 N–H and O–H groups in total. The summed E-state index contributed by atoms with van der Waals surface area (Å²) < 4.78 is 96.1. The van der Waals surface area contributed by atoms with Crippen LogP contribution in [-0.2, 0) is 22.7 Å². The number of pyridine rings is 1. The maximum atomic E-state index is 15.0. The van der Waals surface area contributed by atoms with Gasteiger partial charge < -0.3 is 29.5 Å². The van der Waals surface area contributed by atoms with Gasteiger partial charge in [-0.15, -0.1) is 11.3 Å². The van der Waals surface area contributed by atoms with Gasteiger partial charge in [-0.25, -0.2) is 0 Å². The number of allylic oxidation sites excluding steroid dienone is 1. The Labute approximate surface area is 324 Å². The van der Waals surface area contributed by atoms with E-state index in [0.29, 0.717) is 41.9 Å². The van der Waals surface area contributed by atoms with Gasteiger partial charge in [0.25, 0.3) is 11.8 Å². The van der Waals surface area contributed by atoms with Crippen LogP contribution in [0.2, 0.25) is 0 Å². The van der Waals surface area contributed by atoms with Crippen molar-refractivity contribution in [3.05, 3.63) is 88.1 Å². The fourth-order valence-corrected chi connectivity index (χ4v) is 9.16. The van der Waals surface area contributed by atoms with Crippen molar-refractivity contribution in [2.45, 2.75) is 107 Å². The third-order valence-corrected chi connectivity index (χ3v) is 12.0. The van der Waals surface area contributed by atoms with E-state index in [1.807, 2.05) is 0 Å². The highest BCUT2D eigenvalue weighted by atomic mass is 32.1. The number of para-hydroxylation sites is 1. The van der Waals surface area contributed by atoms with Crippen LogP contribution in [0.25, 0.3) is 0 Å². The lowest BCUT2D eigenvalue weighted by Crippen LogP contribution is -2.68. The number of ether oxygens (including phenoxy) is 2. The average Bonchev–Trinajstić information content (AvgIpc) is 3.81. The molecule has 0 spiro atoms. The number of nitrogens with zero attached hydrogens (tertiary/aromatic N) is 3. The Kier molecular flexibility index (Phi) is 12.0. The van der Waals surface area contributed by atoms with E-state index in [1.165, 1.54) is 4.90 Å². The van der Waals surface area contributed by atoms with E-state index < -0.39 is 57.5 Å². The molecule has 4 heterocycles. The van der Waals surface area contributed by atoms with Gasteiger partial charge in [0.05, 0.1) is 29.1 Å². The lowest BCUT2D eigenvalue weighted by molar-refractivity contribution is -0.163. The smallest absolute Gasteiger partial charge is 0.425 e. The molecule has 1 aliphatic carbocycles. The standard InChI is InChI=1S/C40H45F6N3O6S/c1-3-8-32-38(55-28-23-33(56-24-28)40(44,45)46,14-7-18-49(32)35(51)34-30(39(41,42)43)10-6-17-47-34)36(52)48-19-15-37(53,16-20-48)29-9-4-5-11-31(29)54-27-13-12-26(22-27)21-25(2)50/h4-6,9-11,17,23-24,26-27,32,50,53H,2-3,7-8,12-16,18-22H2,1H3/t26-,27+,32-,38+/m1/s1. The van der Waals surface area contributed by atoms with Gasteiger partial charge in [0.15, 0.2) is 0 Å². The van der Waals surface area contributed by atoms with Crippen LogP contribution in [-0.4, -0.2) is 74.2 Å². The Bertz CT molecular complexity index is 1890. The molecular formula is C40H45F6N3O6S. The SMILES string of the molecule is C=C(O)C[C@H]1CC[C@H](Oc2ccccc2C2(O)CCN(C(=O)[C@]3(Oc4csc(C(F)(F)F)c4)CCCN(C(=O)c4ncccc4C(F)(F)F)[C@@H]3CCC)CC2)C1. The molecule has 56 heavy (non-hydrogen) atoms. The molecule has 0 radical (unpaired) electrons. The van der Waals surface area contributed by atoms with Crippen molar-refractivity contribution < 1.29 is 55.6 Å². The number of hydrogen-bond acceptors (Lipinski definition) is 8. The van der Waals surface area contributed by atoms with E-state index in [-0.39, 0.29) is 75.3 Å². The van der Waals surface area contributed by atoms with Crippen LogP contribution in [0.15, 0.2) is 66.4 Å². The van der Waals surface area contributed by atoms with E-state index in [1.54, 1.807) is 31.2 Å². The first-order valence-corrected chi connectivity index (χ1v) is 19.7. The molecule has 3 fully saturated rings. The fraction of sp³-hybridized carbons (Fsp3) is 0.525. The Morgan fingerprint density at radius 3 is 2.41 bits per heavy atom. The minimum atomic E-state index is -4.91. The molecule has 1 saturated carbocycles. The summed E-state index contributed by atoms with van der Waals surface area (Å²) in [6.45, 7) is 5.31. The van der Waals surface area contributed by atoms with E-state index in [2.05, 4.69) is 11.6 Å². The summed E-state index contributed by atoms with van der Waals surface area (Å²) in [5.74, 6) is -1.12. The van der Waals surface area contributed by atoms with Gasteiger partial charge in [-0.1, -0.05) is 38.1 Å². The first-order chi connectivity index (χ1) is 26.4. The van der Waals surface area contributed by atoms with E-state index >= 15 is 0 Å². The molecule has 2 saturated heterocycles. The number of amides is 2. The minimum Gasteiger partial charge on any atom is -0.513 e. The van der Waals surface area contributed by atoms with Crippen LogP contribution in [0.4, 0.5) is 26.3 Å². The van der Waals surface area contributed by atoms with Crippen molar-refractivity contribution in [1.29, 1.82) is 0 Å². The molecule has 2 aliphatic heterocycles. The Balaban J connectivity index is 1.30. The molecule has 3 aliphatic rings. The first kappa shape index (κ1) is 41.3. The van der Waals surface area contributed by atoms with Crippen LogP contribution >= 0.6 is 11.3 Å². The van der Waals surface area contributed by atoms with E-state index in [4.69, 9.17) is 9.47 Å². The number of alkyl halides is 6. The van der Waals surface area contributed by atoms with Crippen LogP contribution in [0.3, 0.4) is 0 Å². The van der Waals surface area contributed by atoms with E-state index in [0.717, 1.165) is 47.5 Å². The molecular weight excluding hydrogens is 765 g/mol. The van der Waals surface area contributed by atoms with Crippen LogP contribution in [0, 0.1) is 5.92 Å². The summed E-state index contributed by atoms with van der Waals surface area (Å²) in [5, 5.41) is 22.9. The van der Waals surface area contributed by atoms with Crippen molar-refractivity contribution in [3.63, 3.8) is 0 Å². The third-order valence-electron chi connectivity index (χ3n) is 11.1. The summed E-state index contributed by atoms with van der Waals surface area (Å²) in [4.78, 5) is 34.5. The van der Waals surface area contributed by atoms with Gasteiger partial charge in [-0.3, -0.25) is 14.6 Å². The summed E-state index contributed by atoms with van der Waals surface area (Å²) in [5.41, 5.74) is -4.95. The number of aliphatic hydroxyl groups is 2. The molecule has 4 atom stereocenters. The molecule has 6 rings (SSSR count). The predicted octanol–water partition coefficient (Wildman–Crippen LogP) is 8.92. The number of benzene rings is 1. The number of thiophene rings is 1. The minimum absolute atomic E-state index is 0.00157. The summed E-state index contributed by atoms with van der Waals surface area (Å²) in [6, 6.07) is 8.53. The second-order valence-corrected chi connectivity index (χ2v) is 15.9. The Morgan fingerprint density at radius 2 is 1.75 bits per heavy atom. The van der Waals surface area contributed by atoms with Crippen LogP contribution in [0.1, 0.15) is 97.6 Å². The zero-order chi connectivity index (χ0) is 40.5. The number of likely N-dealkylation sites (tertiary alicyclic amines) is 2. The second-order valence-electron chi connectivity index (χ2n) is 14.9. The molecule has 2 amide bonds. The van der Waals surface area contributed by atoms with Gasteiger partial charge in [0.1, 0.15) is 22.1 Å². The molecule has 16 heteroatoms. The number of hydrogen-bond donors (Lipinski definition) is 2. The van der Waals surface area contributed by atoms with Crippen molar-refractivity contribution in [2.75, 3.05) is 19.6 Å². The monoisotopic (exact) mass is 809 g/mol. The fourth-order valence-electron chi connectivity index (χ4n) is 8.48. The van der Waals surface area contributed by atoms with Crippen molar-refractivity contribution in [2.24, 2.45) is 5.92 Å². The molecule has 9 nitrogen and oxygen atoms in total. The molecule has 0 bridgehead atoms. The lowest BCUT2D eigenvalue weighted by Gasteiger charge is -2.51. The maximum absolute atomic E-state index is 15.0. The second kappa shape index (κ2) is 16.3. The van der Waals surface area contributed by atoms with Gasteiger partial charge in [0, 0.05) is 55.7 Å². The Hall–Kier alpha value is -4.31. The van der Waals surface area contributed by atoms with Gasteiger partial charge in [-0.2, -0.15) is 26.3 Å². The van der Waals surface area contributed by atoms with Crippen molar-refractivity contribution in [1.82, 2.24) is 14.8 Å². The van der Waals surface area contributed by atoms with Gasteiger partial charge in [0.2, 0.25) is 5.60 Å². The number of carbonyl (C=O) groups excluding carboxylic acids is 2. The van der Waals surface area contributed by atoms with Gasteiger partial charge in [-0.05, 0) is 69.1 Å². The number of aliphatic hydroxyl groups excluding tert-OH is 1. The number of halogens is 6. The zero-order valence-electron chi connectivity index (χ0n) is 30.9. The normalized spacial score (nSPS) is 24.2. The molecule has 3 aromatic rings. The van der Waals surface area contributed by atoms with Gasteiger partial charge >= 0.3 is 12.4 Å².